The number of amidine groups is 1. The molecule has 168 valence electrons. The molecule has 1 aromatic heterocycles. The summed E-state index contributed by atoms with van der Waals surface area (Å²) in [5.74, 6) is 2.11. The normalized spacial score (nSPS) is 20.9. The van der Waals surface area contributed by atoms with Gasteiger partial charge in [-0.1, -0.05) is 44.0 Å². The van der Waals surface area contributed by atoms with Crippen molar-refractivity contribution in [1.82, 2.24) is 14.8 Å². The highest BCUT2D eigenvalue weighted by molar-refractivity contribution is 6.15. The summed E-state index contributed by atoms with van der Waals surface area (Å²) in [6.07, 6.45) is 6.87. The molecule has 0 bridgehead atoms. The van der Waals surface area contributed by atoms with Crippen molar-refractivity contribution in [3.8, 4) is 11.1 Å². The van der Waals surface area contributed by atoms with Crippen LogP contribution in [0, 0.1) is 0 Å². The van der Waals surface area contributed by atoms with Crippen LogP contribution in [0.5, 0.6) is 0 Å². The van der Waals surface area contributed by atoms with Gasteiger partial charge in [0.05, 0.1) is 0 Å². The van der Waals surface area contributed by atoms with Crippen molar-refractivity contribution in [1.29, 1.82) is 0 Å². The van der Waals surface area contributed by atoms with Crippen molar-refractivity contribution in [2.24, 2.45) is 4.99 Å². The molecule has 2 aromatic rings. The van der Waals surface area contributed by atoms with Crippen LogP contribution in [0.15, 0.2) is 47.6 Å². The van der Waals surface area contributed by atoms with E-state index in [9.17, 15) is 4.79 Å². The van der Waals surface area contributed by atoms with E-state index in [1.54, 1.807) is 0 Å². The lowest BCUT2D eigenvalue weighted by Gasteiger charge is -2.33. The predicted molar refractivity (Wildman–Crippen MR) is 129 cm³/mol. The Labute approximate surface area is 191 Å². The molecule has 1 spiro atoms. The van der Waals surface area contributed by atoms with Crippen molar-refractivity contribution >= 4 is 17.6 Å². The van der Waals surface area contributed by atoms with Crippen LogP contribution >= 0.6 is 0 Å². The molecule has 0 unspecified atom stereocenters. The van der Waals surface area contributed by atoms with Gasteiger partial charge >= 0.3 is 0 Å². The quantitative estimate of drug-likeness (QED) is 0.722. The maximum Gasteiger partial charge on any atom is 0.256 e. The standard InChI is InChI=1S/C26H33N5O/c1-3-14-31-24(28-26(25(31)32)12-4-5-13-26)21-8-6-20(7-9-21)22-10-11-23(27-19-22)30-17-15-29(2)16-18-30/h6-11,19H,3-5,12-18H2,1-2H3. The fourth-order valence-corrected chi connectivity index (χ4v) is 5.19. The van der Waals surface area contributed by atoms with Gasteiger partial charge in [0.15, 0.2) is 0 Å². The summed E-state index contributed by atoms with van der Waals surface area (Å²) in [6.45, 7) is 7.05. The minimum absolute atomic E-state index is 0.208. The Kier molecular flexibility index (Phi) is 5.72. The molecule has 2 fully saturated rings. The zero-order chi connectivity index (χ0) is 22.1. The Hall–Kier alpha value is -2.73. The fourth-order valence-electron chi connectivity index (χ4n) is 5.19. The number of hydrogen-bond acceptors (Lipinski definition) is 5. The van der Waals surface area contributed by atoms with Gasteiger partial charge in [-0.05, 0) is 44.0 Å². The van der Waals surface area contributed by atoms with Gasteiger partial charge in [0, 0.05) is 50.0 Å². The molecule has 1 saturated carbocycles. The number of hydrogen-bond donors (Lipinski definition) is 0. The summed E-state index contributed by atoms with van der Waals surface area (Å²) in [4.78, 5) is 29.5. The van der Waals surface area contributed by atoms with E-state index in [0.717, 1.165) is 93.2 Å². The Morgan fingerprint density at radius 1 is 0.906 bits per heavy atom. The number of pyridine rings is 1. The van der Waals surface area contributed by atoms with Crippen molar-refractivity contribution in [3.63, 3.8) is 0 Å². The molecule has 3 heterocycles. The second-order valence-electron chi connectivity index (χ2n) is 9.40. The third-order valence-electron chi connectivity index (χ3n) is 7.15. The van der Waals surface area contributed by atoms with Crippen LogP contribution in [0.4, 0.5) is 5.82 Å². The number of nitrogens with zero attached hydrogens (tertiary/aromatic N) is 5. The first kappa shape index (κ1) is 21.1. The molecule has 0 N–H and O–H groups in total. The Morgan fingerprint density at radius 3 is 2.19 bits per heavy atom. The molecule has 0 radical (unpaired) electrons. The lowest BCUT2D eigenvalue weighted by Crippen LogP contribution is -2.44. The summed E-state index contributed by atoms with van der Waals surface area (Å²) in [5, 5.41) is 0. The molecule has 5 rings (SSSR count). The molecule has 3 aliphatic rings. The molecule has 0 atom stereocenters. The molecule has 1 amide bonds. The maximum atomic E-state index is 13.2. The number of rotatable bonds is 5. The Morgan fingerprint density at radius 2 is 1.56 bits per heavy atom. The van der Waals surface area contributed by atoms with E-state index < -0.39 is 5.54 Å². The molecular formula is C26H33N5O. The van der Waals surface area contributed by atoms with Gasteiger partial charge in [-0.15, -0.1) is 0 Å². The van der Waals surface area contributed by atoms with E-state index in [4.69, 9.17) is 9.98 Å². The maximum absolute atomic E-state index is 13.2. The van der Waals surface area contributed by atoms with E-state index in [-0.39, 0.29) is 5.91 Å². The van der Waals surface area contributed by atoms with Crippen LogP contribution in [-0.2, 0) is 4.79 Å². The molecular weight excluding hydrogens is 398 g/mol. The van der Waals surface area contributed by atoms with Crippen LogP contribution in [0.2, 0.25) is 0 Å². The van der Waals surface area contributed by atoms with Crippen LogP contribution in [-0.4, -0.2) is 71.8 Å². The fraction of sp³-hybridized carbons (Fsp3) is 0.500. The lowest BCUT2D eigenvalue weighted by atomic mass is 9.98. The summed E-state index contributed by atoms with van der Waals surface area (Å²) in [6, 6.07) is 12.7. The SMILES string of the molecule is CCCN1C(=O)C2(CCCC2)N=C1c1ccc(-c2ccc(N3CCN(C)CC3)nc2)cc1. The van der Waals surface area contributed by atoms with Crippen LogP contribution in [0.1, 0.15) is 44.6 Å². The van der Waals surface area contributed by atoms with Gasteiger partial charge in [0.2, 0.25) is 0 Å². The number of anilines is 1. The van der Waals surface area contributed by atoms with Crippen molar-refractivity contribution in [2.45, 2.75) is 44.6 Å². The molecule has 1 aromatic carbocycles. The topological polar surface area (TPSA) is 52.0 Å². The largest absolute Gasteiger partial charge is 0.354 e. The van der Waals surface area contributed by atoms with E-state index in [0.29, 0.717) is 0 Å². The second kappa shape index (κ2) is 8.66. The zero-order valence-corrected chi connectivity index (χ0v) is 19.3. The molecule has 6 nitrogen and oxygen atoms in total. The highest BCUT2D eigenvalue weighted by Crippen LogP contribution is 2.40. The number of aliphatic imine (C=N–C) groups is 1. The number of likely N-dealkylation sites (N-methyl/N-ethyl adjacent to an activating group) is 1. The average molecular weight is 432 g/mol. The van der Waals surface area contributed by atoms with E-state index in [2.05, 4.69) is 60.2 Å². The number of carbonyl (C=O) groups excluding carboxylic acids is 1. The summed E-state index contributed by atoms with van der Waals surface area (Å²) >= 11 is 0. The van der Waals surface area contributed by atoms with Gasteiger partial charge in [-0.3, -0.25) is 14.7 Å². The highest BCUT2D eigenvalue weighted by atomic mass is 16.2. The van der Waals surface area contributed by atoms with Crippen LogP contribution in [0.25, 0.3) is 11.1 Å². The smallest absolute Gasteiger partial charge is 0.256 e. The van der Waals surface area contributed by atoms with E-state index in [1.165, 1.54) is 0 Å². The summed E-state index contributed by atoms with van der Waals surface area (Å²) < 4.78 is 0. The molecule has 1 saturated heterocycles. The predicted octanol–water partition coefficient (Wildman–Crippen LogP) is 3.81. The monoisotopic (exact) mass is 431 g/mol. The van der Waals surface area contributed by atoms with Gasteiger partial charge in [-0.2, -0.15) is 0 Å². The molecule has 2 aliphatic heterocycles. The third-order valence-corrected chi connectivity index (χ3v) is 7.15. The minimum atomic E-state index is -0.494. The van der Waals surface area contributed by atoms with Gasteiger partial charge < -0.3 is 9.80 Å². The Balaban J connectivity index is 1.35. The highest BCUT2D eigenvalue weighted by Gasteiger charge is 2.49. The minimum Gasteiger partial charge on any atom is -0.354 e. The summed E-state index contributed by atoms with van der Waals surface area (Å²) in [7, 11) is 2.17. The third kappa shape index (κ3) is 3.81. The second-order valence-corrected chi connectivity index (χ2v) is 9.40. The van der Waals surface area contributed by atoms with Crippen molar-refractivity contribution in [2.75, 3.05) is 44.7 Å². The first-order valence-corrected chi connectivity index (χ1v) is 12.0. The lowest BCUT2D eigenvalue weighted by molar-refractivity contribution is -0.131. The van der Waals surface area contributed by atoms with Gasteiger partial charge in [0.1, 0.15) is 17.2 Å². The van der Waals surface area contributed by atoms with Crippen LogP contribution < -0.4 is 4.90 Å². The number of benzene rings is 1. The van der Waals surface area contributed by atoms with Crippen molar-refractivity contribution in [3.05, 3.63) is 48.2 Å². The average Bonchev–Trinajstić information content (AvgIpc) is 3.41. The van der Waals surface area contributed by atoms with Crippen molar-refractivity contribution < 1.29 is 4.79 Å². The van der Waals surface area contributed by atoms with Gasteiger partial charge in [-0.25, -0.2) is 4.98 Å². The first-order valence-electron chi connectivity index (χ1n) is 12.0. The first-order chi connectivity index (χ1) is 15.6. The molecule has 6 heteroatoms. The molecule has 1 aliphatic carbocycles. The van der Waals surface area contributed by atoms with E-state index in [1.807, 2.05) is 11.1 Å². The number of carbonyl (C=O) groups is 1. The zero-order valence-electron chi connectivity index (χ0n) is 19.3. The number of aromatic nitrogens is 1. The van der Waals surface area contributed by atoms with E-state index >= 15 is 0 Å². The number of amides is 1. The van der Waals surface area contributed by atoms with Gasteiger partial charge in [0.25, 0.3) is 5.91 Å². The number of piperazine rings is 1. The van der Waals surface area contributed by atoms with Crippen LogP contribution in [0.3, 0.4) is 0 Å². The Bertz CT molecular complexity index is 984. The molecule has 32 heavy (non-hydrogen) atoms. The summed E-state index contributed by atoms with van der Waals surface area (Å²) in [5.41, 5.74) is 2.78.